The Morgan fingerprint density at radius 1 is 1.06 bits per heavy atom. The lowest BCUT2D eigenvalue weighted by Crippen LogP contribution is -2.10. The summed E-state index contributed by atoms with van der Waals surface area (Å²) in [4.78, 5) is 10.1. The van der Waals surface area contributed by atoms with Gasteiger partial charge in [0.2, 0.25) is 0 Å². The summed E-state index contributed by atoms with van der Waals surface area (Å²) in [5.74, 6) is 0. The first-order chi connectivity index (χ1) is 7.54. The molecule has 0 aromatic heterocycles. The molecule has 0 radical (unpaired) electrons. The first-order valence-corrected chi connectivity index (χ1v) is 5.75. The molecule has 1 aromatic rings. The van der Waals surface area contributed by atoms with Crippen molar-refractivity contribution in [1.82, 2.24) is 0 Å². The number of aldehydes is 1. The zero-order chi connectivity index (χ0) is 12.0. The SMILES string of the molecule is CC(C)(C)c1ccc(/C=C/CCC=O)cc1. The van der Waals surface area contributed by atoms with Crippen LogP contribution >= 0.6 is 0 Å². The fourth-order valence-electron chi connectivity index (χ4n) is 1.48. The quantitative estimate of drug-likeness (QED) is 0.549. The minimum absolute atomic E-state index is 0.208. The van der Waals surface area contributed by atoms with Crippen molar-refractivity contribution in [1.29, 1.82) is 0 Å². The topological polar surface area (TPSA) is 17.1 Å². The van der Waals surface area contributed by atoms with Crippen molar-refractivity contribution in [2.75, 3.05) is 0 Å². The van der Waals surface area contributed by atoms with E-state index in [4.69, 9.17) is 0 Å². The average molecular weight is 216 g/mol. The summed E-state index contributed by atoms with van der Waals surface area (Å²) >= 11 is 0. The monoisotopic (exact) mass is 216 g/mol. The summed E-state index contributed by atoms with van der Waals surface area (Å²) in [6.45, 7) is 6.63. The van der Waals surface area contributed by atoms with Gasteiger partial charge < -0.3 is 4.79 Å². The number of unbranched alkanes of at least 4 members (excludes halogenated alkanes) is 1. The van der Waals surface area contributed by atoms with E-state index >= 15 is 0 Å². The van der Waals surface area contributed by atoms with E-state index in [9.17, 15) is 4.79 Å². The molecule has 0 aliphatic rings. The smallest absolute Gasteiger partial charge is 0.120 e. The molecule has 0 bridgehead atoms. The maximum atomic E-state index is 10.1. The van der Waals surface area contributed by atoms with Crippen LogP contribution in [0.3, 0.4) is 0 Å². The number of carbonyl (C=O) groups is 1. The maximum Gasteiger partial charge on any atom is 0.120 e. The molecule has 0 aliphatic heterocycles. The third-order valence-corrected chi connectivity index (χ3v) is 2.54. The highest BCUT2D eigenvalue weighted by Gasteiger charge is 2.12. The van der Waals surface area contributed by atoms with E-state index in [2.05, 4.69) is 51.1 Å². The molecule has 0 aliphatic carbocycles. The van der Waals surface area contributed by atoms with Gasteiger partial charge in [-0.15, -0.1) is 0 Å². The van der Waals surface area contributed by atoms with Gasteiger partial charge in [-0.2, -0.15) is 0 Å². The summed E-state index contributed by atoms with van der Waals surface area (Å²) in [6, 6.07) is 8.58. The fraction of sp³-hybridized carbons (Fsp3) is 0.400. The van der Waals surface area contributed by atoms with Gasteiger partial charge in [-0.3, -0.25) is 0 Å². The Hall–Kier alpha value is -1.37. The van der Waals surface area contributed by atoms with E-state index in [1.807, 2.05) is 6.08 Å². The van der Waals surface area contributed by atoms with Crippen molar-refractivity contribution < 1.29 is 4.79 Å². The first-order valence-electron chi connectivity index (χ1n) is 5.75. The second kappa shape index (κ2) is 5.64. The van der Waals surface area contributed by atoms with Crippen LogP contribution in [0, 0.1) is 0 Å². The van der Waals surface area contributed by atoms with E-state index in [0.29, 0.717) is 6.42 Å². The predicted octanol–water partition coefficient (Wildman–Crippen LogP) is 3.98. The van der Waals surface area contributed by atoms with Gasteiger partial charge in [-0.25, -0.2) is 0 Å². The van der Waals surface area contributed by atoms with Crippen molar-refractivity contribution >= 4 is 12.4 Å². The Morgan fingerprint density at radius 2 is 1.69 bits per heavy atom. The largest absolute Gasteiger partial charge is 0.303 e. The van der Waals surface area contributed by atoms with Gasteiger partial charge in [-0.1, -0.05) is 57.2 Å². The molecule has 86 valence electrons. The van der Waals surface area contributed by atoms with E-state index in [0.717, 1.165) is 12.7 Å². The Morgan fingerprint density at radius 3 is 2.19 bits per heavy atom. The summed E-state index contributed by atoms with van der Waals surface area (Å²) in [5, 5.41) is 0. The van der Waals surface area contributed by atoms with Crippen molar-refractivity contribution in [2.45, 2.75) is 39.0 Å². The van der Waals surface area contributed by atoms with Crippen LogP contribution in [0.1, 0.15) is 44.7 Å². The molecule has 1 rings (SSSR count). The standard InChI is InChI=1S/C15H20O/c1-15(2,3)14-10-8-13(9-11-14)7-5-4-6-12-16/h5,7-12H,4,6H2,1-3H3/b7-5+. The van der Waals surface area contributed by atoms with Crippen LogP contribution in [0.4, 0.5) is 0 Å². The van der Waals surface area contributed by atoms with Gasteiger partial charge in [0, 0.05) is 6.42 Å². The summed E-state index contributed by atoms with van der Waals surface area (Å²) in [7, 11) is 0. The van der Waals surface area contributed by atoms with Crippen molar-refractivity contribution in [3.8, 4) is 0 Å². The van der Waals surface area contributed by atoms with Crippen LogP contribution in [0.15, 0.2) is 30.3 Å². The van der Waals surface area contributed by atoms with E-state index in [1.54, 1.807) is 0 Å². The van der Waals surface area contributed by atoms with Gasteiger partial charge in [-0.05, 0) is 23.0 Å². The number of hydrogen-bond acceptors (Lipinski definition) is 1. The molecule has 0 amide bonds. The Kier molecular flexibility index (Phi) is 4.48. The number of allylic oxidation sites excluding steroid dienone is 1. The number of benzene rings is 1. The lowest BCUT2D eigenvalue weighted by Gasteiger charge is -2.18. The van der Waals surface area contributed by atoms with E-state index in [1.165, 1.54) is 11.1 Å². The highest BCUT2D eigenvalue weighted by molar-refractivity contribution is 5.53. The van der Waals surface area contributed by atoms with E-state index in [-0.39, 0.29) is 5.41 Å². The van der Waals surface area contributed by atoms with Crippen LogP contribution < -0.4 is 0 Å². The summed E-state index contributed by atoms with van der Waals surface area (Å²) in [6.07, 6.45) is 6.49. The van der Waals surface area contributed by atoms with Gasteiger partial charge in [0.25, 0.3) is 0 Å². The van der Waals surface area contributed by atoms with Crippen LogP contribution in [-0.2, 0) is 10.2 Å². The Balaban J connectivity index is 2.65. The minimum atomic E-state index is 0.208. The fourth-order valence-corrected chi connectivity index (χ4v) is 1.48. The summed E-state index contributed by atoms with van der Waals surface area (Å²) in [5.41, 5.74) is 2.75. The van der Waals surface area contributed by atoms with Crippen molar-refractivity contribution in [2.24, 2.45) is 0 Å². The third-order valence-electron chi connectivity index (χ3n) is 2.54. The van der Waals surface area contributed by atoms with Crippen molar-refractivity contribution in [3.05, 3.63) is 41.5 Å². The normalized spacial score (nSPS) is 11.9. The molecule has 1 nitrogen and oxygen atoms in total. The van der Waals surface area contributed by atoms with Gasteiger partial charge in [0.1, 0.15) is 6.29 Å². The molecule has 1 heteroatoms. The Bertz CT molecular complexity index is 352. The molecule has 0 unspecified atom stereocenters. The van der Waals surface area contributed by atoms with Crippen LogP contribution in [-0.4, -0.2) is 6.29 Å². The maximum absolute atomic E-state index is 10.1. The van der Waals surface area contributed by atoms with E-state index < -0.39 is 0 Å². The third kappa shape index (κ3) is 4.01. The molecule has 0 saturated carbocycles. The molecule has 0 spiro atoms. The Labute approximate surface area is 98.2 Å². The zero-order valence-corrected chi connectivity index (χ0v) is 10.4. The molecule has 0 saturated heterocycles. The van der Waals surface area contributed by atoms with Crippen molar-refractivity contribution in [3.63, 3.8) is 0 Å². The first kappa shape index (κ1) is 12.7. The molecule has 1 aromatic carbocycles. The lowest BCUT2D eigenvalue weighted by molar-refractivity contribution is -0.107. The molecule has 0 fully saturated rings. The zero-order valence-electron chi connectivity index (χ0n) is 10.4. The average Bonchev–Trinajstić information content (AvgIpc) is 2.24. The highest BCUT2D eigenvalue weighted by atomic mass is 16.1. The van der Waals surface area contributed by atoms with Crippen LogP contribution in [0.5, 0.6) is 0 Å². The summed E-state index contributed by atoms with van der Waals surface area (Å²) < 4.78 is 0. The van der Waals surface area contributed by atoms with Crippen LogP contribution in [0.2, 0.25) is 0 Å². The number of hydrogen-bond donors (Lipinski definition) is 0. The highest BCUT2D eigenvalue weighted by Crippen LogP contribution is 2.22. The second-order valence-corrected chi connectivity index (χ2v) is 5.02. The molecular weight excluding hydrogens is 196 g/mol. The van der Waals surface area contributed by atoms with Gasteiger partial charge >= 0.3 is 0 Å². The molecule has 0 heterocycles. The predicted molar refractivity (Wildman–Crippen MR) is 69.5 cm³/mol. The second-order valence-electron chi connectivity index (χ2n) is 5.02. The molecule has 16 heavy (non-hydrogen) atoms. The molecule has 0 N–H and O–H groups in total. The minimum Gasteiger partial charge on any atom is -0.303 e. The van der Waals surface area contributed by atoms with Gasteiger partial charge in [0.15, 0.2) is 0 Å². The molecular formula is C15H20O. The number of carbonyl (C=O) groups excluding carboxylic acids is 1. The lowest BCUT2D eigenvalue weighted by atomic mass is 9.87. The number of rotatable bonds is 4. The molecule has 0 atom stereocenters. The van der Waals surface area contributed by atoms with Crippen LogP contribution in [0.25, 0.3) is 6.08 Å². The van der Waals surface area contributed by atoms with Gasteiger partial charge in [0.05, 0.1) is 0 Å².